The van der Waals surface area contributed by atoms with Gasteiger partial charge < -0.3 is 15.8 Å². The highest BCUT2D eigenvalue weighted by Crippen LogP contribution is 2.22. The molecule has 6 nitrogen and oxygen atoms in total. The summed E-state index contributed by atoms with van der Waals surface area (Å²) in [6, 6.07) is 9.84. The second-order valence-electron chi connectivity index (χ2n) is 3.63. The van der Waals surface area contributed by atoms with Crippen molar-refractivity contribution in [2.45, 2.75) is 0 Å². The molecule has 2 amide bonds. The standard InChI is InChI=1S/C13H11N3O3/c14-13(18)12-7-11(5-6-15-12)19-10-3-1-9(2-4-10)16-8-17/h1-8H,(H2,14,18)(H,16,17). The normalized spacial score (nSPS) is 9.68. The molecule has 2 rings (SSSR count). The minimum atomic E-state index is -0.615. The minimum Gasteiger partial charge on any atom is -0.457 e. The average molecular weight is 257 g/mol. The number of rotatable bonds is 5. The summed E-state index contributed by atoms with van der Waals surface area (Å²) in [5, 5.41) is 2.52. The van der Waals surface area contributed by atoms with Crippen LogP contribution in [0.2, 0.25) is 0 Å². The SMILES string of the molecule is NC(=O)c1cc(Oc2ccc(NC=O)cc2)ccn1. The topological polar surface area (TPSA) is 94.3 Å². The van der Waals surface area contributed by atoms with Crippen molar-refractivity contribution in [3.63, 3.8) is 0 Å². The maximum Gasteiger partial charge on any atom is 0.267 e. The zero-order valence-corrected chi connectivity index (χ0v) is 9.87. The molecule has 2 aromatic rings. The lowest BCUT2D eigenvalue weighted by molar-refractivity contribution is -0.105. The van der Waals surface area contributed by atoms with Crippen LogP contribution in [0.3, 0.4) is 0 Å². The summed E-state index contributed by atoms with van der Waals surface area (Å²) in [7, 11) is 0. The molecule has 0 bridgehead atoms. The van der Waals surface area contributed by atoms with Crippen molar-refractivity contribution < 1.29 is 14.3 Å². The Morgan fingerprint density at radius 1 is 1.21 bits per heavy atom. The van der Waals surface area contributed by atoms with Gasteiger partial charge in [0, 0.05) is 18.0 Å². The number of anilines is 1. The minimum absolute atomic E-state index is 0.136. The number of carbonyl (C=O) groups excluding carboxylic acids is 2. The van der Waals surface area contributed by atoms with Crippen molar-refractivity contribution in [1.29, 1.82) is 0 Å². The van der Waals surface area contributed by atoms with Crippen LogP contribution in [0, 0.1) is 0 Å². The number of ether oxygens (including phenoxy) is 1. The highest BCUT2D eigenvalue weighted by Gasteiger charge is 2.04. The summed E-state index contributed by atoms with van der Waals surface area (Å²) >= 11 is 0. The number of nitrogens with one attached hydrogen (secondary N) is 1. The lowest BCUT2D eigenvalue weighted by atomic mass is 10.3. The molecule has 0 saturated carbocycles. The Morgan fingerprint density at radius 3 is 2.58 bits per heavy atom. The summed E-state index contributed by atoms with van der Waals surface area (Å²) in [6.07, 6.45) is 2.04. The van der Waals surface area contributed by atoms with Crippen LogP contribution in [0.5, 0.6) is 11.5 Å². The Hall–Kier alpha value is -2.89. The van der Waals surface area contributed by atoms with Crippen LogP contribution in [0.1, 0.15) is 10.5 Å². The molecule has 0 fully saturated rings. The second kappa shape index (κ2) is 5.63. The zero-order valence-electron chi connectivity index (χ0n) is 9.87. The predicted octanol–water partition coefficient (Wildman–Crippen LogP) is 1.54. The van der Waals surface area contributed by atoms with E-state index in [1.165, 1.54) is 12.3 Å². The molecular formula is C13H11N3O3. The van der Waals surface area contributed by atoms with Gasteiger partial charge in [-0.3, -0.25) is 14.6 Å². The molecule has 0 spiro atoms. The number of pyridine rings is 1. The van der Waals surface area contributed by atoms with Crippen LogP contribution in [0.25, 0.3) is 0 Å². The van der Waals surface area contributed by atoms with Gasteiger partial charge in [0.05, 0.1) is 0 Å². The van der Waals surface area contributed by atoms with Crippen LogP contribution >= 0.6 is 0 Å². The third-order valence-electron chi connectivity index (χ3n) is 2.30. The molecule has 1 heterocycles. The smallest absolute Gasteiger partial charge is 0.267 e. The van der Waals surface area contributed by atoms with E-state index >= 15 is 0 Å². The van der Waals surface area contributed by atoms with Crippen LogP contribution in [-0.2, 0) is 4.79 Å². The van der Waals surface area contributed by atoms with Crippen molar-refractivity contribution in [3.8, 4) is 11.5 Å². The van der Waals surface area contributed by atoms with Gasteiger partial charge in [0.1, 0.15) is 17.2 Å². The Balaban J connectivity index is 2.14. The number of primary amides is 1. The summed E-state index contributed by atoms with van der Waals surface area (Å²) < 4.78 is 5.54. The fourth-order valence-corrected chi connectivity index (χ4v) is 1.43. The lowest BCUT2D eigenvalue weighted by Crippen LogP contribution is -2.12. The van der Waals surface area contributed by atoms with E-state index in [1.54, 1.807) is 30.3 Å². The molecule has 0 unspecified atom stereocenters. The number of hydrogen-bond acceptors (Lipinski definition) is 4. The highest BCUT2D eigenvalue weighted by atomic mass is 16.5. The molecule has 0 radical (unpaired) electrons. The van der Waals surface area contributed by atoms with E-state index in [4.69, 9.17) is 10.5 Å². The van der Waals surface area contributed by atoms with Crippen molar-refractivity contribution >= 4 is 18.0 Å². The van der Waals surface area contributed by atoms with Crippen LogP contribution in [-0.4, -0.2) is 17.3 Å². The van der Waals surface area contributed by atoms with Crippen LogP contribution in [0.15, 0.2) is 42.6 Å². The first kappa shape index (κ1) is 12.6. The van der Waals surface area contributed by atoms with E-state index in [0.717, 1.165) is 0 Å². The zero-order chi connectivity index (χ0) is 13.7. The van der Waals surface area contributed by atoms with Crippen molar-refractivity contribution in [1.82, 2.24) is 4.98 Å². The molecule has 1 aromatic heterocycles. The largest absolute Gasteiger partial charge is 0.457 e. The summed E-state index contributed by atoms with van der Waals surface area (Å²) in [5.74, 6) is 0.411. The summed E-state index contributed by atoms with van der Waals surface area (Å²) in [4.78, 5) is 25.1. The van der Waals surface area contributed by atoms with Crippen molar-refractivity contribution in [2.24, 2.45) is 5.73 Å². The Kier molecular flexibility index (Phi) is 3.72. The molecule has 0 aliphatic rings. The first-order chi connectivity index (χ1) is 9.19. The van der Waals surface area contributed by atoms with Gasteiger partial charge >= 0.3 is 0 Å². The maximum atomic E-state index is 11.0. The Labute approximate surface area is 109 Å². The molecule has 0 saturated heterocycles. The Morgan fingerprint density at radius 2 is 1.95 bits per heavy atom. The Bertz CT molecular complexity index is 596. The van der Waals surface area contributed by atoms with E-state index in [9.17, 15) is 9.59 Å². The predicted molar refractivity (Wildman–Crippen MR) is 69.0 cm³/mol. The van der Waals surface area contributed by atoms with Gasteiger partial charge in [0.2, 0.25) is 6.41 Å². The van der Waals surface area contributed by atoms with Gasteiger partial charge in [0.25, 0.3) is 5.91 Å². The quantitative estimate of drug-likeness (QED) is 0.794. The monoisotopic (exact) mass is 257 g/mol. The third kappa shape index (κ3) is 3.29. The van der Waals surface area contributed by atoms with Gasteiger partial charge in [-0.15, -0.1) is 0 Å². The van der Waals surface area contributed by atoms with Gasteiger partial charge in [-0.1, -0.05) is 0 Å². The number of nitrogens with zero attached hydrogens (tertiary/aromatic N) is 1. The molecule has 1 aromatic carbocycles. The first-order valence-electron chi connectivity index (χ1n) is 5.43. The summed E-state index contributed by atoms with van der Waals surface area (Å²) in [5.41, 5.74) is 5.93. The molecule has 19 heavy (non-hydrogen) atoms. The molecule has 3 N–H and O–H groups in total. The van der Waals surface area contributed by atoms with Gasteiger partial charge in [-0.05, 0) is 30.3 Å². The first-order valence-corrected chi connectivity index (χ1v) is 5.43. The number of aromatic nitrogens is 1. The number of hydrogen-bond donors (Lipinski definition) is 2. The summed E-state index contributed by atoms with van der Waals surface area (Å²) in [6.45, 7) is 0. The lowest BCUT2D eigenvalue weighted by Gasteiger charge is -2.06. The highest BCUT2D eigenvalue weighted by molar-refractivity contribution is 5.91. The van der Waals surface area contributed by atoms with Crippen molar-refractivity contribution in [3.05, 3.63) is 48.3 Å². The molecular weight excluding hydrogens is 246 g/mol. The molecule has 0 aliphatic heterocycles. The van der Waals surface area contributed by atoms with Crippen molar-refractivity contribution in [2.75, 3.05) is 5.32 Å². The van der Waals surface area contributed by atoms with Gasteiger partial charge in [0.15, 0.2) is 0 Å². The maximum absolute atomic E-state index is 11.0. The van der Waals surface area contributed by atoms with Gasteiger partial charge in [-0.25, -0.2) is 0 Å². The number of benzene rings is 1. The van der Waals surface area contributed by atoms with Crippen LogP contribution < -0.4 is 15.8 Å². The van der Waals surface area contributed by atoms with E-state index in [-0.39, 0.29) is 5.69 Å². The van der Waals surface area contributed by atoms with E-state index in [1.807, 2.05) is 0 Å². The molecule has 96 valence electrons. The number of amides is 2. The second-order valence-corrected chi connectivity index (χ2v) is 3.63. The average Bonchev–Trinajstić information content (AvgIpc) is 2.42. The fraction of sp³-hybridized carbons (Fsp3) is 0. The van der Waals surface area contributed by atoms with E-state index < -0.39 is 5.91 Å². The molecule has 6 heteroatoms. The number of nitrogens with two attached hydrogens (primary N) is 1. The molecule has 0 aliphatic carbocycles. The number of carbonyl (C=O) groups is 2. The third-order valence-corrected chi connectivity index (χ3v) is 2.30. The van der Waals surface area contributed by atoms with E-state index in [0.29, 0.717) is 23.6 Å². The van der Waals surface area contributed by atoms with Crippen LogP contribution in [0.4, 0.5) is 5.69 Å². The van der Waals surface area contributed by atoms with Gasteiger partial charge in [-0.2, -0.15) is 0 Å². The molecule has 0 atom stereocenters. The fourth-order valence-electron chi connectivity index (χ4n) is 1.43. The van der Waals surface area contributed by atoms with E-state index in [2.05, 4.69) is 10.3 Å².